The Morgan fingerprint density at radius 1 is 0.850 bits per heavy atom. The Hall–Kier alpha value is -2.68. The molecule has 0 unspecified atom stereocenters. The summed E-state index contributed by atoms with van der Waals surface area (Å²) in [5.41, 5.74) is 3.36. The Kier molecular flexibility index (Phi) is 3.69. The summed E-state index contributed by atoms with van der Waals surface area (Å²) >= 11 is 0. The van der Waals surface area contributed by atoms with E-state index >= 15 is 0 Å². The van der Waals surface area contributed by atoms with Crippen molar-refractivity contribution in [1.29, 1.82) is 0 Å². The number of hydrogen-bond donors (Lipinski definition) is 1. The summed E-state index contributed by atoms with van der Waals surface area (Å²) in [5, 5.41) is 3.38. The fourth-order valence-corrected chi connectivity index (χ4v) is 2.08. The lowest BCUT2D eigenvalue weighted by Crippen LogP contribution is -2.03. The second kappa shape index (κ2) is 5.97. The smallest absolute Gasteiger partial charge is 0.137 e. The first-order chi connectivity index (χ1) is 9.93. The van der Waals surface area contributed by atoms with Crippen molar-refractivity contribution in [3.05, 3.63) is 78.8 Å². The van der Waals surface area contributed by atoms with Gasteiger partial charge in [-0.15, -0.1) is 0 Å². The molecule has 2 aromatic carbocycles. The van der Waals surface area contributed by atoms with E-state index in [1.165, 1.54) is 5.56 Å². The molecule has 1 N–H and O–H groups in total. The molecule has 0 amide bonds. The molecular formula is C17H15N3. The van der Waals surface area contributed by atoms with E-state index in [0.717, 1.165) is 23.5 Å². The fraction of sp³-hybridized carbons (Fsp3) is 0.0588. The Bertz CT molecular complexity index is 666. The normalized spacial score (nSPS) is 10.2. The molecule has 3 nitrogen and oxygen atoms in total. The highest BCUT2D eigenvalue weighted by molar-refractivity contribution is 5.74. The molecule has 0 aliphatic heterocycles. The van der Waals surface area contributed by atoms with Crippen molar-refractivity contribution in [3.8, 4) is 11.1 Å². The summed E-state index contributed by atoms with van der Waals surface area (Å²) in [6.07, 6.45) is 3.41. The quantitative estimate of drug-likeness (QED) is 0.777. The molecule has 1 aromatic heterocycles. The highest BCUT2D eigenvalue weighted by Crippen LogP contribution is 2.24. The van der Waals surface area contributed by atoms with Gasteiger partial charge in [-0.1, -0.05) is 60.7 Å². The Morgan fingerprint density at radius 3 is 2.30 bits per heavy atom. The summed E-state index contributed by atoms with van der Waals surface area (Å²) in [6, 6.07) is 20.4. The summed E-state index contributed by atoms with van der Waals surface area (Å²) in [5.74, 6) is 0.857. The van der Waals surface area contributed by atoms with E-state index in [2.05, 4.69) is 39.6 Å². The van der Waals surface area contributed by atoms with Crippen molar-refractivity contribution in [2.75, 3.05) is 5.32 Å². The van der Waals surface area contributed by atoms with Crippen molar-refractivity contribution in [1.82, 2.24) is 9.97 Å². The van der Waals surface area contributed by atoms with Crippen molar-refractivity contribution >= 4 is 5.82 Å². The maximum Gasteiger partial charge on any atom is 0.137 e. The third-order valence-corrected chi connectivity index (χ3v) is 3.10. The second-order valence-electron chi connectivity index (χ2n) is 4.49. The number of aromatic nitrogens is 2. The number of rotatable bonds is 4. The monoisotopic (exact) mass is 261 g/mol. The standard InChI is InChI=1S/C17H15N3/c1-3-7-14(8-4-1)11-19-17-16(12-18-13-20-17)15-9-5-2-6-10-15/h1-10,12-13H,11H2,(H,18,19,20). The number of nitrogens with zero attached hydrogens (tertiary/aromatic N) is 2. The predicted molar refractivity (Wildman–Crippen MR) is 81.2 cm³/mol. The molecule has 20 heavy (non-hydrogen) atoms. The minimum atomic E-state index is 0.748. The minimum absolute atomic E-state index is 0.748. The zero-order valence-corrected chi connectivity index (χ0v) is 11.0. The summed E-state index contributed by atoms with van der Waals surface area (Å²) in [6.45, 7) is 0.748. The van der Waals surface area contributed by atoms with Crippen LogP contribution >= 0.6 is 0 Å². The van der Waals surface area contributed by atoms with Crippen LogP contribution in [0.1, 0.15) is 5.56 Å². The van der Waals surface area contributed by atoms with Gasteiger partial charge in [0.1, 0.15) is 12.1 Å². The van der Waals surface area contributed by atoms with Crippen LogP contribution in [0.25, 0.3) is 11.1 Å². The van der Waals surface area contributed by atoms with Gasteiger partial charge in [-0.25, -0.2) is 9.97 Å². The third-order valence-electron chi connectivity index (χ3n) is 3.10. The molecule has 0 saturated carbocycles. The first-order valence-corrected chi connectivity index (χ1v) is 6.57. The molecule has 0 bridgehead atoms. The van der Waals surface area contributed by atoms with Gasteiger partial charge in [0.2, 0.25) is 0 Å². The zero-order chi connectivity index (χ0) is 13.6. The molecule has 3 heteroatoms. The van der Waals surface area contributed by atoms with E-state index in [1.54, 1.807) is 6.33 Å². The van der Waals surface area contributed by atoms with Crippen LogP contribution in [0.15, 0.2) is 73.2 Å². The molecule has 0 aliphatic carbocycles. The van der Waals surface area contributed by atoms with Crippen molar-refractivity contribution in [2.45, 2.75) is 6.54 Å². The average Bonchev–Trinajstić information content (AvgIpc) is 2.55. The minimum Gasteiger partial charge on any atom is -0.365 e. The highest BCUT2D eigenvalue weighted by Gasteiger charge is 2.05. The predicted octanol–water partition coefficient (Wildman–Crippen LogP) is 3.76. The molecule has 0 saturated heterocycles. The molecule has 0 fully saturated rings. The zero-order valence-electron chi connectivity index (χ0n) is 11.0. The van der Waals surface area contributed by atoms with Gasteiger partial charge in [-0.3, -0.25) is 0 Å². The molecule has 0 radical (unpaired) electrons. The number of hydrogen-bond acceptors (Lipinski definition) is 3. The molecule has 98 valence electrons. The van der Waals surface area contributed by atoms with E-state index in [0.29, 0.717) is 0 Å². The lowest BCUT2D eigenvalue weighted by molar-refractivity contribution is 1.08. The Morgan fingerprint density at radius 2 is 1.55 bits per heavy atom. The van der Waals surface area contributed by atoms with Crippen molar-refractivity contribution < 1.29 is 0 Å². The molecule has 3 aromatic rings. The van der Waals surface area contributed by atoms with E-state index in [-0.39, 0.29) is 0 Å². The van der Waals surface area contributed by atoms with Gasteiger partial charge in [-0.2, -0.15) is 0 Å². The Balaban J connectivity index is 1.84. The molecule has 3 rings (SSSR count). The SMILES string of the molecule is c1ccc(CNc2ncncc2-c2ccccc2)cc1. The third kappa shape index (κ3) is 2.83. The number of nitrogens with one attached hydrogen (secondary N) is 1. The van der Waals surface area contributed by atoms with Gasteiger partial charge < -0.3 is 5.32 Å². The molecule has 0 spiro atoms. The maximum absolute atomic E-state index is 4.35. The number of benzene rings is 2. The topological polar surface area (TPSA) is 37.8 Å². The first-order valence-electron chi connectivity index (χ1n) is 6.57. The van der Waals surface area contributed by atoms with Crippen molar-refractivity contribution in [2.24, 2.45) is 0 Å². The molecule has 1 heterocycles. The van der Waals surface area contributed by atoms with E-state index in [1.807, 2.05) is 42.6 Å². The number of anilines is 1. The van der Waals surface area contributed by atoms with Crippen molar-refractivity contribution in [3.63, 3.8) is 0 Å². The summed E-state index contributed by atoms with van der Waals surface area (Å²) in [7, 11) is 0. The second-order valence-corrected chi connectivity index (χ2v) is 4.49. The van der Waals surface area contributed by atoms with Gasteiger partial charge in [0.05, 0.1) is 0 Å². The van der Waals surface area contributed by atoms with Gasteiger partial charge in [0.25, 0.3) is 0 Å². The lowest BCUT2D eigenvalue weighted by Gasteiger charge is -2.10. The van der Waals surface area contributed by atoms with Gasteiger partial charge >= 0.3 is 0 Å². The van der Waals surface area contributed by atoms with Gasteiger partial charge in [0.15, 0.2) is 0 Å². The first kappa shape index (κ1) is 12.4. The summed E-state index contributed by atoms with van der Waals surface area (Å²) in [4.78, 5) is 8.47. The van der Waals surface area contributed by atoms with Crippen LogP contribution in [0.3, 0.4) is 0 Å². The molecule has 0 aliphatic rings. The van der Waals surface area contributed by atoms with E-state index in [4.69, 9.17) is 0 Å². The van der Waals surface area contributed by atoms with Crippen LogP contribution in [-0.4, -0.2) is 9.97 Å². The molecular weight excluding hydrogens is 246 g/mol. The lowest BCUT2D eigenvalue weighted by atomic mass is 10.1. The van der Waals surface area contributed by atoms with Crippen LogP contribution in [0.5, 0.6) is 0 Å². The van der Waals surface area contributed by atoms with E-state index in [9.17, 15) is 0 Å². The average molecular weight is 261 g/mol. The maximum atomic E-state index is 4.35. The largest absolute Gasteiger partial charge is 0.365 e. The van der Waals surface area contributed by atoms with E-state index < -0.39 is 0 Å². The van der Waals surface area contributed by atoms with Crippen LogP contribution in [0.2, 0.25) is 0 Å². The van der Waals surface area contributed by atoms with Gasteiger partial charge in [0, 0.05) is 18.3 Å². The van der Waals surface area contributed by atoms with Crippen LogP contribution in [0, 0.1) is 0 Å². The van der Waals surface area contributed by atoms with Crippen LogP contribution in [-0.2, 0) is 6.54 Å². The van der Waals surface area contributed by atoms with Crippen LogP contribution in [0.4, 0.5) is 5.82 Å². The van der Waals surface area contributed by atoms with Crippen LogP contribution < -0.4 is 5.32 Å². The fourth-order valence-electron chi connectivity index (χ4n) is 2.08. The van der Waals surface area contributed by atoms with Gasteiger partial charge in [-0.05, 0) is 11.1 Å². The summed E-state index contributed by atoms with van der Waals surface area (Å²) < 4.78 is 0. The molecule has 0 atom stereocenters. The Labute approximate surface area is 118 Å². The highest BCUT2D eigenvalue weighted by atomic mass is 15.0.